The monoisotopic (exact) mass is 408 g/mol. The largest absolute Gasteiger partial charge is 0.325 e. The molecule has 1 fully saturated rings. The molecule has 0 unspecified atom stereocenters. The smallest absolute Gasteiger partial charge is 0.238 e. The molecular formula is C24H32N4O2. The number of para-hydroxylation sites is 1. The maximum absolute atomic E-state index is 12.5. The van der Waals surface area contributed by atoms with Crippen molar-refractivity contribution in [1.82, 2.24) is 9.80 Å². The minimum absolute atomic E-state index is 0.000435. The Hall–Kier alpha value is -2.70. The molecule has 1 heterocycles. The zero-order valence-electron chi connectivity index (χ0n) is 18.2. The molecule has 1 saturated heterocycles. The van der Waals surface area contributed by atoms with Crippen LogP contribution >= 0.6 is 0 Å². The molecule has 1 aliphatic rings. The Bertz CT molecular complexity index is 851. The van der Waals surface area contributed by atoms with Crippen LogP contribution in [0.3, 0.4) is 0 Å². The van der Waals surface area contributed by atoms with Crippen LogP contribution in [0.1, 0.15) is 23.6 Å². The van der Waals surface area contributed by atoms with Gasteiger partial charge in [0, 0.05) is 37.6 Å². The summed E-state index contributed by atoms with van der Waals surface area (Å²) in [5, 5.41) is 6.01. The molecule has 2 aromatic rings. The summed E-state index contributed by atoms with van der Waals surface area (Å²) in [5.74, 6) is 0.00888. The highest BCUT2D eigenvalue weighted by molar-refractivity contribution is 5.94. The molecule has 6 heteroatoms. The van der Waals surface area contributed by atoms with Crippen LogP contribution in [0.4, 0.5) is 11.4 Å². The second-order valence-electron chi connectivity index (χ2n) is 7.97. The van der Waals surface area contributed by atoms with Gasteiger partial charge < -0.3 is 10.6 Å². The van der Waals surface area contributed by atoms with Crippen molar-refractivity contribution in [3.63, 3.8) is 0 Å². The van der Waals surface area contributed by atoms with E-state index in [0.717, 1.165) is 55.1 Å². The van der Waals surface area contributed by atoms with Crippen LogP contribution in [0.2, 0.25) is 0 Å². The lowest BCUT2D eigenvalue weighted by Gasteiger charge is -2.33. The van der Waals surface area contributed by atoms with E-state index in [1.165, 1.54) is 5.56 Å². The van der Waals surface area contributed by atoms with Crippen molar-refractivity contribution in [3.8, 4) is 0 Å². The van der Waals surface area contributed by atoms with Gasteiger partial charge in [-0.25, -0.2) is 0 Å². The topological polar surface area (TPSA) is 64.7 Å². The third-order valence-corrected chi connectivity index (χ3v) is 5.59. The lowest BCUT2D eigenvalue weighted by atomic mass is 10.1. The van der Waals surface area contributed by atoms with E-state index >= 15 is 0 Å². The van der Waals surface area contributed by atoms with E-state index in [1.807, 2.05) is 56.3 Å². The van der Waals surface area contributed by atoms with Crippen molar-refractivity contribution in [1.29, 1.82) is 0 Å². The quantitative estimate of drug-likeness (QED) is 0.739. The van der Waals surface area contributed by atoms with E-state index in [1.54, 1.807) is 0 Å². The maximum Gasteiger partial charge on any atom is 0.238 e. The number of benzene rings is 2. The summed E-state index contributed by atoms with van der Waals surface area (Å²) < 4.78 is 0. The number of hydrogen-bond donors (Lipinski definition) is 2. The fourth-order valence-electron chi connectivity index (χ4n) is 3.73. The van der Waals surface area contributed by atoms with Crippen molar-refractivity contribution in [2.75, 3.05) is 49.9 Å². The number of amides is 2. The van der Waals surface area contributed by atoms with Crippen molar-refractivity contribution in [2.45, 2.75) is 27.2 Å². The Morgan fingerprint density at radius 3 is 1.80 bits per heavy atom. The highest BCUT2D eigenvalue weighted by atomic mass is 16.2. The number of nitrogens with zero attached hydrogens (tertiary/aromatic N) is 2. The normalized spacial score (nSPS) is 15.0. The molecule has 2 aromatic carbocycles. The standard InChI is InChI=1S/C24H32N4O2/c1-4-20-8-10-21(11-9-20)25-22(29)16-27-12-14-28(15-13-27)17-23(30)26-24-18(2)6-5-7-19(24)3/h5-11H,4,12-17H2,1-3H3,(H,25,29)(H,26,30). The molecule has 0 atom stereocenters. The summed E-state index contributed by atoms with van der Waals surface area (Å²) in [7, 11) is 0. The molecule has 0 spiro atoms. The molecule has 3 rings (SSSR count). The Labute approximate surface area is 179 Å². The number of carbonyl (C=O) groups is 2. The lowest BCUT2D eigenvalue weighted by molar-refractivity contribution is -0.120. The van der Waals surface area contributed by atoms with E-state index in [2.05, 4.69) is 27.4 Å². The van der Waals surface area contributed by atoms with Crippen molar-refractivity contribution in [2.24, 2.45) is 0 Å². The van der Waals surface area contributed by atoms with Crippen LogP contribution < -0.4 is 10.6 Å². The first-order valence-electron chi connectivity index (χ1n) is 10.6. The van der Waals surface area contributed by atoms with Crippen LogP contribution in [0, 0.1) is 13.8 Å². The van der Waals surface area contributed by atoms with Gasteiger partial charge in [-0.3, -0.25) is 19.4 Å². The second-order valence-corrected chi connectivity index (χ2v) is 7.97. The van der Waals surface area contributed by atoms with Crippen LogP contribution in [-0.4, -0.2) is 60.9 Å². The van der Waals surface area contributed by atoms with Gasteiger partial charge in [-0.2, -0.15) is 0 Å². The van der Waals surface area contributed by atoms with Gasteiger partial charge in [-0.15, -0.1) is 0 Å². The van der Waals surface area contributed by atoms with Crippen molar-refractivity contribution < 1.29 is 9.59 Å². The Morgan fingerprint density at radius 1 is 0.800 bits per heavy atom. The highest BCUT2D eigenvalue weighted by Crippen LogP contribution is 2.19. The van der Waals surface area contributed by atoms with Crippen molar-refractivity contribution >= 4 is 23.2 Å². The van der Waals surface area contributed by atoms with Crippen molar-refractivity contribution in [3.05, 3.63) is 59.2 Å². The number of nitrogens with one attached hydrogen (secondary N) is 2. The molecule has 0 bridgehead atoms. The molecule has 2 N–H and O–H groups in total. The Morgan fingerprint density at radius 2 is 1.30 bits per heavy atom. The molecule has 0 radical (unpaired) electrons. The summed E-state index contributed by atoms with van der Waals surface area (Å²) >= 11 is 0. The fourth-order valence-corrected chi connectivity index (χ4v) is 3.73. The molecule has 0 saturated carbocycles. The number of hydrogen-bond acceptors (Lipinski definition) is 4. The summed E-state index contributed by atoms with van der Waals surface area (Å²) in [6.07, 6.45) is 0.987. The van der Waals surface area contributed by atoms with Gasteiger partial charge in [0.1, 0.15) is 0 Å². The molecule has 30 heavy (non-hydrogen) atoms. The third kappa shape index (κ3) is 6.15. The minimum Gasteiger partial charge on any atom is -0.325 e. The number of rotatable bonds is 7. The van der Waals surface area contributed by atoms with E-state index in [4.69, 9.17) is 0 Å². The van der Waals surface area contributed by atoms with Crippen LogP contribution in [0.5, 0.6) is 0 Å². The summed E-state index contributed by atoms with van der Waals surface area (Å²) in [4.78, 5) is 29.1. The second kappa shape index (κ2) is 10.4. The fraction of sp³-hybridized carbons (Fsp3) is 0.417. The van der Waals surface area contributed by atoms with Gasteiger partial charge >= 0.3 is 0 Å². The highest BCUT2D eigenvalue weighted by Gasteiger charge is 2.21. The molecule has 160 valence electrons. The summed E-state index contributed by atoms with van der Waals surface area (Å²) in [5.41, 5.74) is 5.14. The number of anilines is 2. The zero-order chi connectivity index (χ0) is 21.5. The number of carbonyl (C=O) groups excluding carboxylic acids is 2. The first-order valence-corrected chi connectivity index (χ1v) is 10.6. The lowest BCUT2D eigenvalue weighted by Crippen LogP contribution is -2.50. The summed E-state index contributed by atoms with van der Waals surface area (Å²) in [6.45, 7) is 9.97. The Kier molecular flexibility index (Phi) is 7.60. The number of aryl methyl sites for hydroxylation is 3. The van der Waals surface area contributed by atoms with E-state index in [9.17, 15) is 9.59 Å². The third-order valence-electron chi connectivity index (χ3n) is 5.59. The molecule has 6 nitrogen and oxygen atoms in total. The van der Waals surface area contributed by atoms with E-state index < -0.39 is 0 Å². The Balaban J connectivity index is 1.40. The van der Waals surface area contributed by atoms with E-state index in [-0.39, 0.29) is 11.8 Å². The molecule has 0 aliphatic carbocycles. The van der Waals surface area contributed by atoms with Crippen LogP contribution in [-0.2, 0) is 16.0 Å². The number of piperazine rings is 1. The maximum atomic E-state index is 12.5. The van der Waals surface area contributed by atoms with Gasteiger partial charge in [0.05, 0.1) is 13.1 Å². The van der Waals surface area contributed by atoms with Gasteiger partial charge in [0.25, 0.3) is 0 Å². The zero-order valence-corrected chi connectivity index (χ0v) is 18.2. The van der Waals surface area contributed by atoms with Crippen LogP contribution in [0.15, 0.2) is 42.5 Å². The molecule has 1 aliphatic heterocycles. The molecule has 0 aromatic heterocycles. The predicted octanol–water partition coefficient (Wildman–Crippen LogP) is 3.06. The first kappa shape index (κ1) is 22.0. The van der Waals surface area contributed by atoms with Gasteiger partial charge in [-0.1, -0.05) is 37.3 Å². The van der Waals surface area contributed by atoms with Gasteiger partial charge in [0.15, 0.2) is 0 Å². The van der Waals surface area contributed by atoms with E-state index in [0.29, 0.717) is 13.1 Å². The van der Waals surface area contributed by atoms with Gasteiger partial charge in [-0.05, 0) is 49.1 Å². The average molecular weight is 409 g/mol. The van der Waals surface area contributed by atoms with Crippen LogP contribution in [0.25, 0.3) is 0 Å². The molecule has 2 amide bonds. The summed E-state index contributed by atoms with van der Waals surface area (Å²) in [6, 6.07) is 14.0. The minimum atomic E-state index is 0.000435. The first-order chi connectivity index (χ1) is 14.4. The van der Waals surface area contributed by atoms with Gasteiger partial charge in [0.2, 0.25) is 11.8 Å². The predicted molar refractivity (Wildman–Crippen MR) is 122 cm³/mol. The molecular weight excluding hydrogens is 376 g/mol. The SMILES string of the molecule is CCc1ccc(NC(=O)CN2CCN(CC(=O)Nc3c(C)cccc3C)CC2)cc1. The average Bonchev–Trinajstić information content (AvgIpc) is 2.73.